The molecule has 0 N–H and O–H groups in total. The van der Waals surface area contributed by atoms with Gasteiger partial charge in [-0.15, -0.1) is 0 Å². The number of fused-ring (bicyclic) bond motifs is 1. The van der Waals surface area contributed by atoms with Crippen LogP contribution in [0.15, 0.2) is 6.07 Å². The van der Waals surface area contributed by atoms with Crippen LogP contribution in [0, 0.1) is 20.8 Å². The zero-order valence-electron chi connectivity index (χ0n) is 14.7. The molecule has 5 nitrogen and oxygen atoms in total. The fourth-order valence-corrected chi connectivity index (χ4v) is 4.07. The summed E-state index contributed by atoms with van der Waals surface area (Å²) in [6.45, 7) is 12.1. The predicted octanol–water partition coefficient (Wildman–Crippen LogP) is 2.72. The average molecular weight is 313 g/mol. The van der Waals surface area contributed by atoms with Gasteiger partial charge in [0.15, 0.2) is 5.65 Å². The van der Waals surface area contributed by atoms with Crippen LogP contribution in [0.5, 0.6) is 0 Å². The van der Waals surface area contributed by atoms with E-state index in [4.69, 9.17) is 5.10 Å². The van der Waals surface area contributed by atoms with E-state index in [0.29, 0.717) is 6.04 Å². The summed E-state index contributed by atoms with van der Waals surface area (Å²) in [6.07, 6.45) is 4.10. The van der Waals surface area contributed by atoms with Crippen LogP contribution >= 0.6 is 0 Å². The molecule has 0 saturated carbocycles. The van der Waals surface area contributed by atoms with Gasteiger partial charge in [0, 0.05) is 42.5 Å². The summed E-state index contributed by atoms with van der Waals surface area (Å²) in [4.78, 5) is 9.85. The van der Waals surface area contributed by atoms with Gasteiger partial charge in [0.05, 0.1) is 5.69 Å². The molecule has 4 rings (SSSR count). The zero-order chi connectivity index (χ0) is 16.1. The maximum Gasteiger partial charge on any atom is 0.160 e. The van der Waals surface area contributed by atoms with Gasteiger partial charge in [-0.2, -0.15) is 9.61 Å². The van der Waals surface area contributed by atoms with Gasteiger partial charge in [0.1, 0.15) is 5.82 Å². The van der Waals surface area contributed by atoms with E-state index in [1.54, 1.807) is 0 Å². The first-order valence-electron chi connectivity index (χ1n) is 8.89. The first-order valence-corrected chi connectivity index (χ1v) is 8.89. The van der Waals surface area contributed by atoms with Crippen molar-refractivity contribution >= 4 is 11.5 Å². The second kappa shape index (κ2) is 5.48. The molecule has 23 heavy (non-hydrogen) atoms. The molecular formula is C18H27N5. The number of hydrogen-bond donors (Lipinski definition) is 0. The molecule has 2 aliphatic heterocycles. The number of hydrogen-bond acceptors (Lipinski definition) is 4. The topological polar surface area (TPSA) is 36.7 Å². The summed E-state index contributed by atoms with van der Waals surface area (Å²) in [6, 6.07) is 3.62. The number of aryl methyl sites for hydroxylation is 3. The van der Waals surface area contributed by atoms with Gasteiger partial charge in [-0.25, -0.2) is 4.98 Å². The number of piperidine rings is 1. The summed E-state index contributed by atoms with van der Waals surface area (Å²) in [5, 5.41) is 4.71. The lowest BCUT2D eigenvalue weighted by atomic mass is 9.97. The maximum absolute atomic E-state index is 4.71. The molecule has 1 atom stereocenters. The van der Waals surface area contributed by atoms with Crippen molar-refractivity contribution in [2.45, 2.75) is 59.0 Å². The molecule has 0 spiro atoms. The van der Waals surface area contributed by atoms with Gasteiger partial charge in [0.2, 0.25) is 0 Å². The highest BCUT2D eigenvalue weighted by Crippen LogP contribution is 2.29. The number of likely N-dealkylation sites (tertiary alicyclic amines) is 1. The van der Waals surface area contributed by atoms with E-state index in [0.717, 1.165) is 36.2 Å². The summed E-state index contributed by atoms with van der Waals surface area (Å²) in [7, 11) is 0. The molecule has 2 saturated heterocycles. The van der Waals surface area contributed by atoms with Crippen molar-refractivity contribution in [2.24, 2.45) is 0 Å². The third kappa shape index (κ3) is 2.42. The van der Waals surface area contributed by atoms with E-state index in [9.17, 15) is 0 Å². The van der Waals surface area contributed by atoms with Gasteiger partial charge in [0.25, 0.3) is 0 Å². The van der Waals surface area contributed by atoms with Crippen LogP contribution in [0.4, 0.5) is 5.82 Å². The van der Waals surface area contributed by atoms with Crippen LogP contribution in [0.25, 0.3) is 5.65 Å². The lowest BCUT2D eigenvalue weighted by molar-refractivity contribution is 0.0871. The standard InChI is InChI=1S/C18H27N5/c1-12-9-17(23-18(19-12)14(3)15(4)20-23)21-10-16(11-21)22-8-6-5-7-13(22)2/h9,13,16H,5-8,10-11H2,1-4H3/t13-/m1/s1. The number of aromatic nitrogens is 3. The molecule has 2 fully saturated rings. The number of nitrogens with zero attached hydrogens (tertiary/aromatic N) is 5. The van der Waals surface area contributed by atoms with E-state index in [1.807, 2.05) is 4.52 Å². The SMILES string of the molecule is Cc1cc(N2CC(N3CCCC[C@H]3C)C2)n2nc(C)c(C)c2n1. The Labute approximate surface area is 138 Å². The van der Waals surface area contributed by atoms with Crippen molar-refractivity contribution in [1.29, 1.82) is 0 Å². The van der Waals surface area contributed by atoms with Crippen molar-refractivity contribution in [1.82, 2.24) is 19.5 Å². The Kier molecular flexibility index (Phi) is 3.56. The molecule has 4 heterocycles. The highest BCUT2D eigenvalue weighted by molar-refractivity contribution is 5.57. The fraction of sp³-hybridized carbons (Fsp3) is 0.667. The van der Waals surface area contributed by atoms with E-state index in [-0.39, 0.29) is 0 Å². The molecule has 0 amide bonds. The summed E-state index contributed by atoms with van der Waals surface area (Å²) >= 11 is 0. The molecule has 0 aliphatic carbocycles. The normalized spacial score (nSPS) is 23.5. The molecule has 2 aromatic heterocycles. The minimum Gasteiger partial charge on any atom is -0.353 e. The molecule has 5 heteroatoms. The van der Waals surface area contributed by atoms with E-state index in [2.05, 4.69) is 48.5 Å². The van der Waals surface area contributed by atoms with Crippen LogP contribution in [0.2, 0.25) is 0 Å². The lowest BCUT2D eigenvalue weighted by Gasteiger charge is -2.50. The Morgan fingerprint density at radius 1 is 1.13 bits per heavy atom. The summed E-state index contributed by atoms with van der Waals surface area (Å²) in [5.74, 6) is 1.20. The van der Waals surface area contributed by atoms with Crippen LogP contribution in [0.1, 0.15) is 43.1 Å². The first-order chi connectivity index (χ1) is 11.0. The Balaban J connectivity index is 1.58. The third-order valence-electron chi connectivity index (χ3n) is 5.68. The third-order valence-corrected chi connectivity index (χ3v) is 5.68. The smallest absolute Gasteiger partial charge is 0.160 e. The molecule has 2 aliphatic rings. The predicted molar refractivity (Wildman–Crippen MR) is 93.2 cm³/mol. The highest BCUT2D eigenvalue weighted by Gasteiger charge is 2.36. The number of anilines is 1. The van der Waals surface area contributed by atoms with Gasteiger partial charge in [-0.3, -0.25) is 4.90 Å². The highest BCUT2D eigenvalue weighted by atomic mass is 15.4. The van der Waals surface area contributed by atoms with Gasteiger partial charge in [-0.05, 0) is 47.1 Å². The van der Waals surface area contributed by atoms with Gasteiger partial charge < -0.3 is 4.90 Å². The minimum absolute atomic E-state index is 0.701. The maximum atomic E-state index is 4.71. The molecule has 0 bridgehead atoms. The Morgan fingerprint density at radius 2 is 1.91 bits per heavy atom. The van der Waals surface area contributed by atoms with E-state index in [1.165, 1.54) is 37.2 Å². The van der Waals surface area contributed by atoms with Crippen molar-refractivity contribution in [3.8, 4) is 0 Å². The van der Waals surface area contributed by atoms with Crippen LogP contribution in [-0.2, 0) is 0 Å². The molecule has 2 aromatic rings. The monoisotopic (exact) mass is 313 g/mol. The van der Waals surface area contributed by atoms with Crippen LogP contribution in [0.3, 0.4) is 0 Å². The van der Waals surface area contributed by atoms with Crippen LogP contribution < -0.4 is 4.90 Å². The van der Waals surface area contributed by atoms with E-state index < -0.39 is 0 Å². The van der Waals surface area contributed by atoms with Gasteiger partial charge in [-0.1, -0.05) is 6.42 Å². The van der Waals surface area contributed by atoms with Crippen molar-refractivity contribution in [2.75, 3.05) is 24.5 Å². The summed E-state index contributed by atoms with van der Waals surface area (Å²) < 4.78 is 2.04. The molecule has 0 radical (unpaired) electrons. The number of rotatable bonds is 2. The fourth-order valence-electron chi connectivity index (χ4n) is 4.07. The Bertz CT molecular complexity index is 729. The molecular weight excluding hydrogens is 286 g/mol. The Hall–Kier alpha value is -1.62. The minimum atomic E-state index is 0.701. The second-order valence-electron chi connectivity index (χ2n) is 7.34. The van der Waals surface area contributed by atoms with Crippen molar-refractivity contribution < 1.29 is 0 Å². The molecule has 124 valence electrons. The largest absolute Gasteiger partial charge is 0.353 e. The molecule has 0 aromatic carbocycles. The van der Waals surface area contributed by atoms with Crippen molar-refractivity contribution in [3.05, 3.63) is 23.0 Å². The van der Waals surface area contributed by atoms with Gasteiger partial charge >= 0.3 is 0 Å². The average Bonchev–Trinajstić information content (AvgIpc) is 2.75. The van der Waals surface area contributed by atoms with E-state index >= 15 is 0 Å². The van der Waals surface area contributed by atoms with Crippen molar-refractivity contribution in [3.63, 3.8) is 0 Å². The quantitative estimate of drug-likeness (QED) is 0.854. The first kappa shape index (κ1) is 14.9. The van der Waals surface area contributed by atoms with Crippen LogP contribution in [-0.4, -0.2) is 51.2 Å². The molecule has 0 unspecified atom stereocenters. The summed E-state index contributed by atoms with van der Waals surface area (Å²) in [5.41, 5.74) is 4.35. The lowest BCUT2D eigenvalue weighted by Crippen LogP contribution is -2.62. The zero-order valence-corrected chi connectivity index (χ0v) is 14.7. The Morgan fingerprint density at radius 3 is 2.65 bits per heavy atom. The second-order valence-corrected chi connectivity index (χ2v) is 7.34.